The lowest BCUT2D eigenvalue weighted by Crippen LogP contribution is -1.89. The largest absolute Gasteiger partial charge is 0.287 e. The van der Waals surface area contributed by atoms with Crippen molar-refractivity contribution in [3.63, 3.8) is 0 Å². The standard InChI is InChI=1S/C17H17ClN2/c1-4-9-14(5-2)12-20-13-16(18)17(19-3)15-10-7-6-8-11-15/h4-11,13H,1-3,12H2/b14-9+,17-16+,20-13?. The Morgan fingerprint density at radius 1 is 1.20 bits per heavy atom. The van der Waals surface area contributed by atoms with Gasteiger partial charge in [-0.2, -0.15) is 0 Å². The number of hydrogen-bond donors (Lipinski definition) is 0. The van der Waals surface area contributed by atoms with Gasteiger partial charge >= 0.3 is 0 Å². The molecule has 0 aromatic heterocycles. The maximum Gasteiger partial charge on any atom is 0.0896 e. The molecule has 20 heavy (non-hydrogen) atoms. The fourth-order valence-corrected chi connectivity index (χ4v) is 1.77. The molecule has 0 N–H and O–H groups in total. The monoisotopic (exact) mass is 284 g/mol. The Bertz CT molecular complexity index is 566. The van der Waals surface area contributed by atoms with E-state index in [9.17, 15) is 0 Å². The third-order valence-corrected chi connectivity index (χ3v) is 2.78. The molecule has 0 radical (unpaired) electrons. The summed E-state index contributed by atoms with van der Waals surface area (Å²) >= 11 is 6.22. The van der Waals surface area contributed by atoms with Gasteiger partial charge < -0.3 is 0 Å². The maximum absolute atomic E-state index is 6.22. The zero-order valence-electron chi connectivity index (χ0n) is 11.3. The van der Waals surface area contributed by atoms with E-state index in [0.717, 1.165) is 11.1 Å². The smallest absolute Gasteiger partial charge is 0.0896 e. The topological polar surface area (TPSA) is 24.7 Å². The molecule has 1 aromatic carbocycles. The van der Waals surface area contributed by atoms with Crippen molar-refractivity contribution < 1.29 is 0 Å². The van der Waals surface area contributed by atoms with Gasteiger partial charge in [0.25, 0.3) is 0 Å². The second kappa shape index (κ2) is 8.83. The first-order valence-electron chi connectivity index (χ1n) is 6.08. The molecule has 0 spiro atoms. The van der Waals surface area contributed by atoms with Crippen LogP contribution in [0.15, 0.2) is 82.3 Å². The van der Waals surface area contributed by atoms with Gasteiger partial charge in [-0.25, -0.2) is 0 Å². The minimum absolute atomic E-state index is 0.452. The fraction of sp³-hybridized carbons (Fsp3) is 0.0588. The van der Waals surface area contributed by atoms with Crippen molar-refractivity contribution in [1.29, 1.82) is 0 Å². The van der Waals surface area contributed by atoms with Gasteiger partial charge in [0.1, 0.15) is 0 Å². The molecule has 0 aliphatic heterocycles. The van der Waals surface area contributed by atoms with E-state index >= 15 is 0 Å². The Morgan fingerprint density at radius 2 is 1.90 bits per heavy atom. The van der Waals surface area contributed by atoms with Crippen LogP contribution in [0.2, 0.25) is 0 Å². The zero-order valence-corrected chi connectivity index (χ0v) is 12.1. The molecule has 0 fully saturated rings. The summed E-state index contributed by atoms with van der Waals surface area (Å²) in [5, 5.41) is 0.452. The molecule has 0 aliphatic rings. The highest BCUT2D eigenvalue weighted by Crippen LogP contribution is 2.21. The second-order valence-electron chi connectivity index (χ2n) is 3.87. The fourth-order valence-electron chi connectivity index (χ4n) is 1.53. The van der Waals surface area contributed by atoms with Crippen molar-refractivity contribution in [2.45, 2.75) is 0 Å². The molecule has 0 unspecified atom stereocenters. The number of rotatable bonds is 7. The SMILES string of the molecule is C=C/C=C(\C=C)CN=C/C(Cl)=C(\N=C)c1ccccc1. The first kappa shape index (κ1) is 15.9. The van der Waals surface area contributed by atoms with E-state index < -0.39 is 0 Å². The molecule has 102 valence electrons. The van der Waals surface area contributed by atoms with Crippen LogP contribution in [0.25, 0.3) is 5.70 Å². The first-order valence-corrected chi connectivity index (χ1v) is 6.46. The van der Waals surface area contributed by atoms with Crippen LogP contribution in [0.5, 0.6) is 0 Å². The minimum atomic E-state index is 0.452. The molecule has 0 saturated carbocycles. The Kier molecular flexibility index (Phi) is 7.01. The summed E-state index contributed by atoms with van der Waals surface area (Å²) in [6, 6.07) is 9.62. The van der Waals surface area contributed by atoms with Crippen LogP contribution in [0.1, 0.15) is 5.56 Å². The normalized spacial score (nSPS) is 12.9. The summed E-state index contributed by atoms with van der Waals surface area (Å²) in [6.45, 7) is 11.4. The number of allylic oxidation sites excluding steroid dienone is 3. The molecule has 0 heterocycles. The van der Waals surface area contributed by atoms with E-state index in [1.807, 2.05) is 36.4 Å². The molecule has 0 amide bonds. The van der Waals surface area contributed by atoms with Gasteiger partial charge in [0.05, 0.1) is 17.3 Å². The Labute approximate surface area is 125 Å². The van der Waals surface area contributed by atoms with E-state index in [1.54, 1.807) is 18.4 Å². The van der Waals surface area contributed by atoms with Gasteiger partial charge in [-0.15, -0.1) is 0 Å². The van der Waals surface area contributed by atoms with Crippen LogP contribution >= 0.6 is 11.6 Å². The van der Waals surface area contributed by atoms with E-state index in [2.05, 4.69) is 29.9 Å². The second-order valence-corrected chi connectivity index (χ2v) is 4.28. The highest BCUT2D eigenvalue weighted by Gasteiger charge is 2.03. The highest BCUT2D eigenvalue weighted by atomic mass is 35.5. The summed E-state index contributed by atoms with van der Waals surface area (Å²) < 4.78 is 0. The lowest BCUT2D eigenvalue weighted by atomic mass is 10.1. The molecule has 0 atom stereocenters. The molecule has 1 aromatic rings. The van der Waals surface area contributed by atoms with Crippen LogP contribution < -0.4 is 0 Å². The van der Waals surface area contributed by atoms with E-state index in [4.69, 9.17) is 11.6 Å². The number of nitrogens with zero attached hydrogens (tertiary/aromatic N) is 2. The molecular weight excluding hydrogens is 268 g/mol. The van der Waals surface area contributed by atoms with Gasteiger partial charge in [-0.05, 0) is 12.3 Å². The Hall–Kier alpha value is -2.19. The van der Waals surface area contributed by atoms with Crippen molar-refractivity contribution in [2.24, 2.45) is 9.98 Å². The van der Waals surface area contributed by atoms with Crippen molar-refractivity contribution in [1.82, 2.24) is 0 Å². The lowest BCUT2D eigenvalue weighted by molar-refractivity contribution is 1.19. The van der Waals surface area contributed by atoms with Crippen LogP contribution in [0.4, 0.5) is 0 Å². The Balaban J connectivity index is 2.91. The average Bonchev–Trinajstić information content (AvgIpc) is 2.48. The van der Waals surface area contributed by atoms with Crippen LogP contribution in [0, 0.1) is 0 Å². The maximum atomic E-state index is 6.22. The number of halogens is 1. The van der Waals surface area contributed by atoms with E-state index in [1.165, 1.54) is 0 Å². The quantitative estimate of drug-likeness (QED) is 0.514. The summed E-state index contributed by atoms with van der Waals surface area (Å²) in [6.07, 6.45) is 6.87. The van der Waals surface area contributed by atoms with Gasteiger partial charge in [0.15, 0.2) is 0 Å². The summed E-state index contributed by atoms with van der Waals surface area (Å²) in [4.78, 5) is 8.23. The van der Waals surface area contributed by atoms with E-state index in [0.29, 0.717) is 17.3 Å². The molecule has 2 nitrogen and oxygen atoms in total. The molecule has 0 bridgehead atoms. The molecular formula is C17H17ClN2. The summed E-state index contributed by atoms with van der Waals surface area (Å²) in [5.74, 6) is 0. The molecule has 3 heteroatoms. The molecule has 0 saturated heterocycles. The third-order valence-electron chi connectivity index (χ3n) is 2.50. The van der Waals surface area contributed by atoms with Crippen molar-refractivity contribution >= 4 is 30.2 Å². The first-order chi connectivity index (χ1) is 9.72. The third kappa shape index (κ3) is 4.82. The lowest BCUT2D eigenvalue weighted by Gasteiger charge is -2.02. The number of hydrogen-bond acceptors (Lipinski definition) is 2. The Morgan fingerprint density at radius 3 is 2.45 bits per heavy atom. The van der Waals surface area contributed by atoms with Crippen LogP contribution in [-0.4, -0.2) is 19.5 Å². The van der Waals surface area contributed by atoms with Crippen molar-refractivity contribution in [3.8, 4) is 0 Å². The zero-order chi connectivity index (χ0) is 14.8. The van der Waals surface area contributed by atoms with Gasteiger partial charge in [-0.3, -0.25) is 9.98 Å². The average molecular weight is 285 g/mol. The summed E-state index contributed by atoms with van der Waals surface area (Å²) in [7, 11) is 0. The van der Waals surface area contributed by atoms with Crippen molar-refractivity contribution in [3.05, 3.63) is 77.9 Å². The number of aliphatic imine (C=N–C) groups is 2. The van der Waals surface area contributed by atoms with Crippen LogP contribution in [0.3, 0.4) is 0 Å². The highest BCUT2D eigenvalue weighted by molar-refractivity contribution is 6.42. The van der Waals surface area contributed by atoms with E-state index in [-0.39, 0.29) is 0 Å². The predicted octanol–water partition coefficient (Wildman–Crippen LogP) is 4.66. The number of benzene rings is 1. The van der Waals surface area contributed by atoms with Gasteiger partial charge in [0.2, 0.25) is 0 Å². The van der Waals surface area contributed by atoms with Crippen LogP contribution in [-0.2, 0) is 0 Å². The van der Waals surface area contributed by atoms with Gasteiger partial charge in [0, 0.05) is 11.8 Å². The molecule has 0 aliphatic carbocycles. The summed E-state index contributed by atoms with van der Waals surface area (Å²) in [5.41, 5.74) is 2.49. The van der Waals surface area contributed by atoms with Crippen molar-refractivity contribution in [2.75, 3.05) is 6.54 Å². The predicted molar refractivity (Wildman–Crippen MR) is 90.6 cm³/mol. The molecule has 1 rings (SSSR count). The van der Waals surface area contributed by atoms with Gasteiger partial charge in [-0.1, -0.05) is 73.3 Å². The minimum Gasteiger partial charge on any atom is -0.287 e.